The van der Waals surface area contributed by atoms with Gasteiger partial charge in [-0.3, -0.25) is 9.36 Å². The van der Waals surface area contributed by atoms with Crippen LogP contribution in [0.5, 0.6) is 0 Å². The van der Waals surface area contributed by atoms with Gasteiger partial charge in [-0.25, -0.2) is 4.79 Å². The highest BCUT2D eigenvalue weighted by Gasteiger charge is 2.08. The molecule has 3 N–H and O–H groups in total. The number of halogens is 1. The highest BCUT2D eigenvalue weighted by atomic mass is 79.9. The number of aromatic nitrogens is 2. The molecule has 2 rings (SSSR count). The van der Waals surface area contributed by atoms with Gasteiger partial charge in [-0.05, 0) is 25.1 Å². The largest absolute Gasteiger partial charge is 0.328 e. The molecule has 6 heteroatoms. The maximum absolute atomic E-state index is 12.1. The second-order valence-corrected chi connectivity index (χ2v) is 4.93. The molecule has 1 heterocycles. The van der Waals surface area contributed by atoms with E-state index in [-0.39, 0.29) is 18.1 Å². The third-order valence-electron chi connectivity index (χ3n) is 2.41. The van der Waals surface area contributed by atoms with Crippen LogP contribution >= 0.6 is 15.9 Å². The SMILES string of the molecule is CC(N)Cn1c(=O)[nH]c2cc(Br)ccc2c1=O. The Hall–Kier alpha value is -1.40. The van der Waals surface area contributed by atoms with E-state index < -0.39 is 5.69 Å². The average molecular weight is 298 g/mol. The van der Waals surface area contributed by atoms with Crippen molar-refractivity contribution in [1.82, 2.24) is 9.55 Å². The number of hydrogen-bond donors (Lipinski definition) is 2. The van der Waals surface area contributed by atoms with Crippen molar-refractivity contribution in [2.45, 2.75) is 19.5 Å². The monoisotopic (exact) mass is 297 g/mol. The number of hydrogen-bond acceptors (Lipinski definition) is 3. The first-order valence-corrected chi connectivity index (χ1v) is 5.96. The normalized spacial score (nSPS) is 12.9. The van der Waals surface area contributed by atoms with Crippen LogP contribution in [-0.2, 0) is 6.54 Å². The molecule has 0 fully saturated rings. The zero-order chi connectivity index (χ0) is 12.6. The Labute approximate surface area is 105 Å². The summed E-state index contributed by atoms with van der Waals surface area (Å²) in [5.74, 6) is 0. The molecule has 0 aliphatic rings. The molecule has 0 saturated carbocycles. The van der Waals surface area contributed by atoms with Crippen molar-refractivity contribution in [2.75, 3.05) is 0 Å². The lowest BCUT2D eigenvalue weighted by Crippen LogP contribution is -2.39. The van der Waals surface area contributed by atoms with Gasteiger partial charge < -0.3 is 10.7 Å². The van der Waals surface area contributed by atoms with Crippen LogP contribution in [0.4, 0.5) is 0 Å². The maximum Gasteiger partial charge on any atom is 0.328 e. The van der Waals surface area contributed by atoms with Crippen LogP contribution in [0.3, 0.4) is 0 Å². The maximum atomic E-state index is 12.1. The van der Waals surface area contributed by atoms with Gasteiger partial charge in [0.1, 0.15) is 0 Å². The van der Waals surface area contributed by atoms with Gasteiger partial charge in [0.15, 0.2) is 0 Å². The average Bonchev–Trinajstić information content (AvgIpc) is 2.23. The number of nitrogens with one attached hydrogen (secondary N) is 1. The molecule has 90 valence electrons. The van der Waals surface area contributed by atoms with Crippen molar-refractivity contribution in [3.63, 3.8) is 0 Å². The molecule has 5 nitrogen and oxygen atoms in total. The first kappa shape index (κ1) is 12.1. The Morgan fingerprint density at radius 3 is 2.82 bits per heavy atom. The minimum Gasteiger partial charge on any atom is -0.326 e. The molecule has 0 bridgehead atoms. The zero-order valence-corrected chi connectivity index (χ0v) is 10.8. The summed E-state index contributed by atoms with van der Waals surface area (Å²) in [6, 6.07) is 4.89. The molecule has 0 amide bonds. The van der Waals surface area contributed by atoms with Crippen molar-refractivity contribution in [2.24, 2.45) is 5.73 Å². The fraction of sp³-hybridized carbons (Fsp3) is 0.273. The fourth-order valence-corrected chi connectivity index (χ4v) is 2.04. The number of aromatic amines is 1. The quantitative estimate of drug-likeness (QED) is 0.860. The van der Waals surface area contributed by atoms with Crippen LogP contribution in [0.1, 0.15) is 6.92 Å². The van der Waals surface area contributed by atoms with Crippen LogP contribution < -0.4 is 17.0 Å². The number of fused-ring (bicyclic) bond motifs is 1. The van der Waals surface area contributed by atoms with Gasteiger partial charge in [0.25, 0.3) is 5.56 Å². The van der Waals surface area contributed by atoms with E-state index in [0.29, 0.717) is 10.9 Å². The molecule has 0 radical (unpaired) electrons. The third kappa shape index (κ3) is 2.32. The minimum absolute atomic E-state index is 0.209. The summed E-state index contributed by atoms with van der Waals surface area (Å²) < 4.78 is 1.94. The standard InChI is InChI=1S/C11H12BrN3O2/c1-6(13)5-15-10(16)8-3-2-7(12)4-9(8)14-11(15)17/h2-4,6H,5,13H2,1H3,(H,14,17). The Kier molecular flexibility index (Phi) is 3.17. The van der Waals surface area contributed by atoms with E-state index >= 15 is 0 Å². The van der Waals surface area contributed by atoms with E-state index in [4.69, 9.17) is 5.73 Å². The van der Waals surface area contributed by atoms with Gasteiger partial charge in [-0.15, -0.1) is 0 Å². The highest BCUT2D eigenvalue weighted by molar-refractivity contribution is 9.10. The highest BCUT2D eigenvalue weighted by Crippen LogP contribution is 2.14. The van der Waals surface area contributed by atoms with Gasteiger partial charge >= 0.3 is 5.69 Å². The van der Waals surface area contributed by atoms with Crippen LogP contribution in [-0.4, -0.2) is 15.6 Å². The van der Waals surface area contributed by atoms with Gasteiger partial charge in [0.05, 0.1) is 10.9 Å². The van der Waals surface area contributed by atoms with Crippen LogP contribution in [0.2, 0.25) is 0 Å². The molecular formula is C11H12BrN3O2. The first-order valence-electron chi connectivity index (χ1n) is 5.17. The van der Waals surface area contributed by atoms with E-state index in [1.165, 1.54) is 0 Å². The summed E-state index contributed by atoms with van der Waals surface area (Å²) in [6.45, 7) is 1.96. The second kappa shape index (κ2) is 4.46. The molecule has 0 spiro atoms. The lowest BCUT2D eigenvalue weighted by Gasteiger charge is -2.08. The van der Waals surface area contributed by atoms with Crippen molar-refractivity contribution < 1.29 is 0 Å². The van der Waals surface area contributed by atoms with E-state index in [1.54, 1.807) is 25.1 Å². The summed E-state index contributed by atoms with van der Waals surface area (Å²) >= 11 is 3.29. The molecule has 0 aliphatic carbocycles. The van der Waals surface area contributed by atoms with Crippen molar-refractivity contribution in [3.05, 3.63) is 43.5 Å². The number of nitrogens with zero attached hydrogens (tertiary/aromatic N) is 1. The lowest BCUT2D eigenvalue weighted by molar-refractivity contribution is 0.554. The summed E-state index contributed by atoms with van der Waals surface area (Å²) in [5, 5.41) is 0.480. The van der Waals surface area contributed by atoms with E-state index in [2.05, 4.69) is 20.9 Å². The lowest BCUT2D eigenvalue weighted by atomic mass is 10.2. The molecule has 2 aromatic rings. The van der Waals surface area contributed by atoms with E-state index in [0.717, 1.165) is 9.04 Å². The predicted octanol–water partition coefficient (Wildman–Crippen LogP) is 0.799. The molecule has 1 aromatic heterocycles. The molecule has 1 unspecified atom stereocenters. The van der Waals surface area contributed by atoms with Crippen molar-refractivity contribution in [3.8, 4) is 0 Å². The van der Waals surface area contributed by atoms with E-state index in [1.807, 2.05) is 0 Å². The number of H-pyrrole nitrogens is 1. The zero-order valence-electron chi connectivity index (χ0n) is 9.24. The van der Waals surface area contributed by atoms with Crippen molar-refractivity contribution in [1.29, 1.82) is 0 Å². The number of benzene rings is 1. The smallest absolute Gasteiger partial charge is 0.326 e. The first-order chi connectivity index (χ1) is 7.99. The van der Waals surface area contributed by atoms with Gasteiger partial charge in [-0.2, -0.15) is 0 Å². The summed E-state index contributed by atoms with van der Waals surface area (Å²) in [6.07, 6.45) is 0. The Morgan fingerprint density at radius 2 is 2.18 bits per heavy atom. The molecular weight excluding hydrogens is 286 g/mol. The fourth-order valence-electron chi connectivity index (χ4n) is 1.68. The molecule has 1 aromatic carbocycles. The summed E-state index contributed by atoms with van der Waals surface area (Å²) in [7, 11) is 0. The van der Waals surface area contributed by atoms with Gasteiger partial charge in [0, 0.05) is 17.1 Å². The van der Waals surface area contributed by atoms with Crippen molar-refractivity contribution >= 4 is 26.8 Å². The molecule has 0 saturated heterocycles. The number of nitrogens with two attached hydrogens (primary N) is 1. The van der Waals surface area contributed by atoms with Gasteiger partial charge in [0.2, 0.25) is 0 Å². The minimum atomic E-state index is -0.432. The predicted molar refractivity (Wildman–Crippen MR) is 70.2 cm³/mol. The number of rotatable bonds is 2. The molecule has 17 heavy (non-hydrogen) atoms. The van der Waals surface area contributed by atoms with Crippen LogP contribution in [0.15, 0.2) is 32.3 Å². The van der Waals surface area contributed by atoms with E-state index in [9.17, 15) is 9.59 Å². The summed E-state index contributed by atoms with van der Waals surface area (Å²) in [5.41, 5.74) is 5.39. The molecule has 1 atom stereocenters. The third-order valence-corrected chi connectivity index (χ3v) is 2.91. The van der Waals surface area contributed by atoms with Crippen LogP contribution in [0.25, 0.3) is 10.9 Å². The van der Waals surface area contributed by atoms with Gasteiger partial charge in [-0.1, -0.05) is 15.9 Å². The Morgan fingerprint density at radius 1 is 1.47 bits per heavy atom. The molecule has 0 aliphatic heterocycles. The topological polar surface area (TPSA) is 80.9 Å². The second-order valence-electron chi connectivity index (χ2n) is 4.01. The Bertz CT molecular complexity index is 672. The van der Waals surface area contributed by atoms with Crippen LogP contribution in [0, 0.1) is 0 Å². The Balaban J connectivity index is 2.77. The summed E-state index contributed by atoms with van der Waals surface area (Å²) in [4.78, 5) is 26.5.